The molecular weight excluding hydrogens is 288 g/mol. The van der Waals surface area contributed by atoms with Gasteiger partial charge in [0.2, 0.25) is 0 Å². The number of hydrogen-bond acceptors (Lipinski definition) is 6. The van der Waals surface area contributed by atoms with Crippen molar-refractivity contribution in [3.63, 3.8) is 0 Å². The lowest BCUT2D eigenvalue weighted by molar-refractivity contribution is -0.148. The van der Waals surface area contributed by atoms with Crippen molar-refractivity contribution in [3.05, 3.63) is 12.2 Å². The minimum Gasteiger partial charge on any atom is -0.469 e. The Morgan fingerprint density at radius 1 is 1.32 bits per heavy atom. The van der Waals surface area contributed by atoms with Crippen LogP contribution in [-0.2, 0) is 23.9 Å². The maximum atomic E-state index is 11.1. The Hall–Kier alpha value is -1.69. The van der Waals surface area contributed by atoms with E-state index in [2.05, 4.69) is 4.74 Å². The third-order valence-corrected chi connectivity index (χ3v) is 3.92. The molecule has 22 heavy (non-hydrogen) atoms. The van der Waals surface area contributed by atoms with E-state index in [-0.39, 0.29) is 11.9 Å². The van der Waals surface area contributed by atoms with E-state index in [1.165, 1.54) is 14.0 Å². The number of esters is 2. The molecule has 1 aliphatic rings. The largest absolute Gasteiger partial charge is 0.469 e. The fraction of sp³-hybridized carbons (Fsp3) is 0.688. The van der Waals surface area contributed by atoms with Crippen molar-refractivity contribution < 1.29 is 29.0 Å². The first-order valence-electron chi connectivity index (χ1n) is 7.52. The average Bonchev–Trinajstić information content (AvgIpc) is 2.76. The van der Waals surface area contributed by atoms with Crippen LogP contribution in [0.15, 0.2) is 12.2 Å². The lowest BCUT2D eigenvalue weighted by Gasteiger charge is -2.20. The minimum absolute atomic E-state index is 0.201. The van der Waals surface area contributed by atoms with Crippen LogP contribution in [0.4, 0.5) is 0 Å². The summed E-state index contributed by atoms with van der Waals surface area (Å²) in [6.07, 6.45) is 6.03. The van der Waals surface area contributed by atoms with Gasteiger partial charge in [0.1, 0.15) is 12.4 Å². The van der Waals surface area contributed by atoms with Crippen molar-refractivity contribution in [1.29, 1.82) is 0 Å². The molecule has 0 bridgehead atoms. The molecule has 0 radical (unpaired) electrons. The molecule has 1 rings (SSSR count). The highest BCUT2D eigenvalue weighted by molar-refractivity contribution is 5.69. The molecule has 0 saturated heterocycles. The van der Waals surface area contributed by atoms with E-state index >= 15 is 0 Å². The Labute approximate surface area is 130 Å². The highest BCUT2D eigenvalue weighted by atomic mass is 16.5. The van der Waals surface area contributed by atoms with E-state index in [1.54, 1.807) is 0 Å². The summed E-state index contributed by atoms with van der Waals surface area (Å²) < 4.78 is 9.75. The summed E-state index contributed by atoms with van der Waals surface area (Å²) in [5.74, 6) is -1.35. The number of methoxy groups -OCH3 is 1. The fourth-order valence-corrected chi connectivity index (χ4v) is 2.79. The van der Waals surface area contributed by atoms with E-state index in [9.17, 15) is 19.5 Å². The molecule has 0 spiro atoms. The SMILES string of the molecule is COC(=O)CCCC=CC[C@H]1[C@H](C=O)[C@@H](O)C[C@H]1OC(C)=O. The quantitative estimate of drug-likeness (QED) is 0.315. The summed E-state index contributed by atoms with van der Waals surface area (Å²) >= 11 is 0. The summed E-state index contributed by atoms with van der Waals surface area (Å²) in [5.41, 5.74) is 0. The van der Waals surface area contributed by atoms with E-state index in [4.69, 9.17) is 4.74 Å². The summed E-state index contributed by atoms with van der Waals surface area (Å²) in [6, 6.07) is 0. The Morgan fingerprint density at radius 2 is 2.05 bits per heavy atom. The van der Waals surface area contributed by atoms with E-state index in [1.807, 2.05) is 12.2 Å². The van der Waals surface area contributed by atoms with Gasteiger partial charge in [0.15, 0.2) is 0 Å². The monoisotopic (exact) mass is 312 g/mol. The number of carbonyl (C=O) groups excluding carboxylic acids is 3. The van der Waals surface area contributed by atoms with Crippen LogP contribution in [0.1, 0.15) is 39.0 Å². The molecule has 124 valence electrons. The van der Waals surface area contributed by atoms with Crippen molar-refractivity contribution in [3.8, 4) is 0 Å². The predicted octanol–water partition coefficient (Wildman–Crippen LogP) is 1.40. The third-order valence-electron chi connectivity index (χ3n) is 3.92. The first-order chi connectivity index (χ1) is 10.5. The van der Waals surface area contributed by atoms with Crippen molar-refractivity contribution >= 4 is 18.2 Å². The number of aliphatic hydroxyl groups is 1. The number of rotatable bonds is 8. The van der Waals surface area contributed by atoms with Crippen molar-refractivity contribution in [2.45, 2.75) is 51.2 Å². The lowest BCUT2D eigenvalue weighted by Crippen LogP contribution is -2.25. The van der Waals surface area contributed by atoms with Gasteiger partial charge in [-0.05, 0) is 19.3 Å². The van der Waals surface area contributed by atoms with Gasteiger partial charge in [0.05, 0.1) is 13.2 Å². The number of ether oxygens (including phenoxy) is 2. The van der Waals surface area contributed by atoms with Crippen LogP contribution < -0.4 is 0 Å². The van der Waals surface area contributed by atoms with Crippen LogP contribution in [0.3, 0.4) is 0 Å². The molecule has 0 unspecified atom stereocenters. The molecule has 0 aromatic rings. The van der Waals surface area contributed by atoms with Gasteiger partial charge in [0, 0.05) is 31.6 Å². The molecule has 4 atom stereocenters. The van der Waals surface area contributed by atoms with Crippen LogP contribution in [-0.4, -0.2) is 42.6 Å². The maximum Gasteiger partial charge on any atom is 0.305 e. The van der Waals surface area contributed by atoms with Crippen LogP contribution in [0.25, 0.3) is 0 Å². The topological polar surface area (TPSA) is 89.9 Å². The van der Waals surface area contributed by atoms with Crippen molar-refractivity contribution in [1.82, 2.24) is 0 Å². The van der Waals surface area contributed by atoms with Crippen LogP contribution >= 0.6 is 0 Å². The van der Waals surface area contributed by atoms with Gasteiger partial charge in [-0.25, -0.2) is 0 Å². The molecule has 0 amide bonds. The molecular formula is C16H24O6. The zero-order chi connectivity index (χ0) is 16.5. The van der Waals surface area contributed by atoms with Gasteiger partial charge in [-0.3, -0.25) is 9.59 Å². The molecule has 6 nitrogen and oxygen atoms in total. The van der Waals surface area contributed by atoms with E-state index in [0.717, 1.165) is 12.7 Å². The van der Waals surface area contributed by atoms with Crippen LogP contribution in [0.5, 0.6) is 0 Å². The number of aldehydes is 1. The summed E-state index contributed by atoms with van der Waals surface area (Å²) in [7, 11) is 1.36. The van der Waals surface area contributed by atoms with Gasteiger partial charge in [0.25, 0.3) is 0 Å². The Bertz CT molecular complexity index is 417. The van der Waals surface area contributed by atoms with Crippen molar-refractivity contribution in [2.75, 3.05) is 7.11 Å². The molecule has 1 fully saturated rings. The molecule has 1 aliphatic carbocycles. The summed E-state index contributed by atoms with van der Waals surface area (Å²) in [6.45, 7) is 1.32. The molecule has 6 heteroatoms. The Morgan fingerprint density at radius 3 is 2.64 bits per heavy atom. The molecule has 1 N–H and O–H groups in total. The first-order valence-corrected chi connectivity index (χ1v) is 7.52. The molecule has 0 aromatic heterocycles. The molecule has 0 aromatic carbocycles. The normalized spacial score (nSPS) is 27.8. The highest BCUT2D eigenvalue weighted by Gasteiger charge is 2.43. The fourth-order valence-electron chi connectivity index (χ4n) is 2.79. The zero-order valence-electron chi connectivity index (χ0n) is 13.1. The van der Waals surface area contributed by atoms with Crippen LogP contribution in [0, 0.1) is 11.8 Å². The van der Waals surface area contributed by atoms with Gasteiger partial charge in [-0.2, -0.15) is 0 Å². The smallest absolute Gasteiger partial charge is 0.305 e. The van der Waals surface area contributed by atoms with Gasteiger partial charge in [-0.15, -0.1) is 0 Å². The molecule has 0 aliphatic heterocycles. The zero-order valence-corrected chi connectivity index (χ0v) is 13.1. The number of carbonyl (C=O) groups is 3. The molecule has 1 saturated carbocycles. The second kappa shape index (κ2) is 9.35. The predicted molar refractivity (Wildman–Crippen MR) is 78.8 cm³/mol. The number of hydrogen-bond donors (Lipinski definition) is 1. The van der Waals surface area contributed by atoms with Crippen molar-refractivity contribution in [2.24, 2.45) is 11.8 Å². The standard InChI is InChI=1S/C16H24O6/c1-11(18)22-15-9-14(19)13(10-17)12(15)7-5-3-4-6-8-16(20)21-2/h3,5,10,12-15,19H,4,6-9H2,1-2H3/t12-,13-,14-,15+/m0/s1. The first kappa shape index (κ1) is 18.4. The lowest BCUT2D eigenvalue weighted by atomic mass is 9.91. The van der Waals surface area contributed by atoms with Gasteiger partial charge < -0.3 is 19.4 Å². The minimum atomic E-state index is -0.764. The number of unbranched alkanes of at least 4 members (excludes halogenated alkanes) is 1. The second-order valence-corrected chi connectivity index (χ2v) is 5.50. The van der Waals surface area contributed by atoms with E-state index in [0.29, 0.717) is 25.7 Å². The number of aliphatic hydroxyl groups excluding tert-OH is 1. The summed E-state index contributed by atoms with van der Waals surface area (Å²) in [5, 5.41) is 9.87. The van der Waals surface area contributed by atoms with Gasteiger partial charge >= 0.3 is 11.9 Å². The second-order valence-electron chi connectivity index (χ2n) is 5.50. The Balaban J connectivity index is 2.46. The van der Waals surface area contributed by atoms with Gasteiger partial charge in [-0.1, -0.05) is 12.2 Å². The summed E-state index contributed by atoms with van der Waals surface area (Å²) in [4.78, 5) is 33.2. The Kier molecular flexibility index (Phi) is 7.80. The molecule has 0 heterocycles. The maximum absolute atomic E-state index is 11.1. The van der Waals surface area contributed by atoms with Crippen LogP contribution in [0.2, 0.25) is 0 Å². The third kappa shape index (κ3) is 5.60. The average molecular weight is 312 g/mol. The van der Waals surface area contributed by atoms with E-state index < -0.39 is 24.1 Å². The highest BCUT2D eigenvalue weighted by Crippen LogP contribution is 2.36. The number of allylic oxidation sites excluding steroid dienone is 2.